The molecule has 1 N–H and O–H groups in total. The second-order valence-electron chi connectivity index (χ2n) is 5.21. The molecule has 0 bridgehead atoms. The Morgan fingerprint density at radius 3 is 2.67 bits per heavy atom. The third-order valence-corrected chi connectivity index (χ3v) is 3.44. The monoisotopic (exact) mass is 385 g/mol. The summed E-state index contributed by atoms with van der Waals surface area (Å²) in [4.78, 5) is 33.7. The Bertz CT molecular complexity index is 995. The van der Waals surface area contributed by atoms with E-state index in [0.717, 1.165) is 6.07 Å². The molecule has 2 rings (SSSR count). The van der Waals surface area contributed by atoms with Crippen LogP contribution in [-0.4, -0.2) is 16.8 Å². The van der Waals surface area contributed by atoms with E-state index in [2.05, 4.69) is 5.32 Å². The molecule has 136 valence electrons. The number of benzene rings is 2. The van der Waals surface area contributed by atoms with E-state index in [4.69, 9.17) is 16.3 Å². The van der Waals surface area contributed by atoms with Gasteiger partial charge in [0.25, 0.3) is 11.6 Å². The molecular formula is C18H12ClN3O5. The summed E-state index contributed by atoms with van der Waals surface area (Å²) in [6, 6.07) is 11.7. The van der Waals surface area contributed by atoms with Gasteiger partial charge in [0.1, 0.15) is 23.1 Å². The van der Waals surface area contributed by atoms with Crippen LogP contribution in [0.2, 0.25) is 5.02 Å². The predicted molar refractivity (Wildman–Crippen MR) is 98.1 cm³/mol. The quantitative estimate of drug-likeness (QED) is 0.209. The van der Waals surface area contributed by atoms with Gasteiger partial charge in [-0.05, 0) is 35.9 Å². The molecule has 0 radical (unpaired) electrons. The van der Waals surface area contributed by atoms with Gasteiger partial charge in [-0.15, -0.1) is 0 Å². The Labute approximate surface area is 158 Å². The fourth-order valence-electron chi connectivity index (χ4n) is 2.10. The minimum atomic E-state index is -0.833. The van der Waals surface area contributed by atoms with Gasteiger partial charge in [-0.1, -0.05) is 23.7 Å². The van der Waals surface area contributed by atoms with E-state index < -0.39 is 22.5 Å². The Hall–Kier alpha value is -3.70. The van der Waals surface area contributed by atoms with Gasteiger partial charge >= 0.3 is 5.97 Å². The number of nitro benzene ring substituents is 1. The highest BCUT2D eigenvalue weighted by atomic mass is 35.5. The van der Waals surface area contributed by atoms with Crippen LogP contribution in [0.1, 0.15) is 12.5 Å². The Morgan fingerprint density at radius 1 is 1.30 bits per heavy atom. The van der Waals surface area contributed by atoms with Gasteiger partial charge in [-0.25, -0.2) is 0 Å². The van der Waals surface area contributed by atoms with Crippen LogP contribution in [0.15, 0.2) is 48.0 Å². The molecule has 0 spiro atoms. The molecular weight excluding hydrogens is 374 g/mol. The number of hydrogen-bond donors (Lipinski definition) is 1. The first kappa shape index (κ1) is 19.6. The van der Waals surface area contributed by atoms with E-state index in [1.807, 2.05) is 0 Å². The maximum Gasteiger partial charge on any atom is 0.308 e. The van der Waals surface area contributed by atoms with Crippen molar-refractivity contribution < 1.29 is 19.2 Å². The molecule has 0 heterocycles. The van der Waals surface area contributed by atoms with Gasteiger partial charge in [0.15, 0.2) is 0 Å². The van der Waals surface area contributed by atoms with Crippen molar-refractivity contribution in [1.29, 1.82) is 5.26 Å². The van der Waals surface area contributed by atoms with Crippen LogP contribution in [0.25, 0.3) is 6.08 Å². The van der Waals surface area contributed by atoms with Gasteiger partial charge in [0.05, 0.1) is 4.92 Å². The number of hydrogen-bond acceptors (Lipinski definition) is 6. The lowest BCUT2D eigenvalue weighted by Crippen LogP contribution is -2.14. The van der Waals surface area contributed by atoms with Crippen molar-refractivity contribution in [2.24, 2.45) is 0 Å². The lowest BCUT2D eigenvalue weighted by Gasteiger charge is -2.06. The van der Waals surface area contributed by atoms with E-state index in [1.165, 1.54) is 31.2 Å². The molecule has 0 saturated heterocycles. The molecule has 0 atom stereocenters. The lowest BCUT2D eigenvalue weighted by molar-refractivity contribution is -0.383. The molecule has 27 heavy (non-hydrogen) atoms. The highest BCUT2D eigenvalue weighted by Crippen LogP contribution is 2.28. The largest absolute Gasteiger partial charge is 0.427 e. The second-order valence-corrected chi connectivity index (χ2v) is 5.65. The van der Waals surface area contributed by atoms with Crippen LogP contribution in [0.4, 0.5) is 11.4 Å². The smallest absolute Gasteiger partial charge is 0.308 e. The van der Waals surface area contributed by atoms with Gasteiger partial charge in [0, 0.05) is 18.0 Å². The number of rotatable bonds is 5. The number of carbonyl (C=O) groups is 2. The van der Waals surface area contributed by atoms with E-state index in [9.17, 15) is 25.0 Å². The van der Waals surface area contributed by atoms with Crippen LogP contribution < -0.4 is 10.1 Å². The third-order valence-electron chi connectivity index (χ3n) is 3.20. The zero-order valence-electron chi connectivity index (χ0n) is 13.9. The van der Waals surface area contributed by atoms with Crippen molar-refractivity contribution in [2.75, 3.05) is 5.32 Å². The van der Waals surface area contributed by atoms with Gasteiger partial charge in [-0.2, -0.15) is 5.26 Å². The molecule has 0 aliphatic rings. The Kier molecular flexibility index (Phi) is 6.25. The number of anilines is 1. The number of halogens is 1. The number of nitro groups is 1. The lowest BCUT2D eigenvalue weighted by atomic mass is 10.1. The summed E-state index contributed by atoms with van der Waals surface area (Å²) in [5.41, 5.74) is -0.348. The molecule has 9 heteroatoms. The van der Waals surface area contributed by atoms with Crippen molar-refractivity contribution in [3.05, 3.63) is 68.7 Å². The summed E-state index contributed by atoms with van der Waals surface area (Å²) in [5.74, 6) is -1.09. The minimum absolute atomic E-state index is 0.0933. The van der Waals surface area contributed by atoms with Crippen LogP contribution in [0.3, 0.4) is 0 Å². The summed E-state index contributed by atoms with van der Waals surface area (Å²) < 4.78 is 4.94. The van der Waals surface area contributed by atoms with Crippen molar-refractivity contribution in [3.63, 3.8) is 0 Å². The average molecular weight is 386 g/mol. The zero-order valence-corrected chi connectivity index (χ0v) is 14.7. The topological polar surface area (TPSA) is 122 Å². The third kappa shape index (κ3) is 5.39. The zero-order chi connectivity index (χ0) is 20.0. The van der Waals surface area contributed by atoms with Crippen LogP contribution in [-0.2, 0) is 9.59 Å². The number of nitrogens with one attached hydrogen (secondary N) is 1. The fourth-order valence-corrected chi connectivity index (χ4v) is 2.27. The molecule has 2 aromatic carbocycles. The van der Waals surface area contributed by atoms with Crippen molar-refractivity contribution >= 4 is 40.9 Å². The van der Waals surface area contributed by atoms with Crippen LogP contribution >= 0.6 is 11.6 Å². The molecule has 0 aliphatic heterocycles. The Balaban J connectivity index is 2.29. The normalized spacial score (nSPS) is 10.6. The number of amides is 1. The van der Waals surface area contributed by atoms with Gasteiger partial charge in [0.2, 0.25) is 0 Å². The first-order valence-electron chi connectivity index (χ1n) is 7.45. The minimum Gasteiger partial charge on any atom is -0.427 e. The van der Waals surface area contributed by atoms with Crippen LogP contribution in [0.5, 0.6) is 5.75 Å². The molecule has 0 saturated carbocycles. The number of nitrogens with zero attached hydrogens (tertiary/aromatic N) is 2. The number of ether oxygens (including phenoxy) is 1. The highest BCUT2D eigenvalue weighted by Gasteiger charge is 2.18. The second kappa shape index (κ2) is 8.60. The van der Waals surface area contributed by atoms with E-state index in [0.29, 0.717) is 5.56 Å². The SMILES string of the molecule is CC(=O)Oc1cccc(/C=C(\C#N)C(=O)Nc2ccc(Cl)cc2[N+](=O)[O-])c1. The number of esters is 1. The van der Waals surface area contributed by atoms with Crippen LogP contribution in [0, 0.1) is 21.4 Å². The summed E-state index contributed by atoms with van der Waals surface area (Å²) in [6.07, 6.45) is 1.27. The van der Waals surface area contributed by atoms with E-state index >= 15 is 0 Å². The molecule has 0 aliphatic carbocycles. The van der Waals surface area contributed by atoms with E-state index in [-0.39, 0.29) is 22.0 Å². The summed E-state index contributed by atoms with van der Waals surface area (Å²) in [5, 5.41) is 22.8. The maximum absolute atomic E-state index is 12.3. The van der Waals surface area contributed by atoms with Crippen molar-refractivity contribution in [1.82, 2.24) is 0 Å². The van der Waals surface area contributed by atoms with Crippen molar-refractivity contribution in [3.8, 4) is 11.8 Å². The maximum atomic E-state index is 12.3. The van der Waals surface area contributed by atoms with Crippen molar-refractivity contribution in [2.45, 2.75) is 6.92 Å². The standard InChI is InChI=1S/C18H12ClN3O5/c1-11(23)27-15-4-2-3-12(8-15)7-13(10-20)18(24)21-16-6-5-14(19)9-17(16)22(25)26/h2-9H,1H3,(H,21,24)/b13-7+. The first-order chi connectivity index (χ1) is 12.8. The molecule has 0 aromatic heterocycles. The first-order valence-corrected chi connectivity index (χ1v) is 7.83. The summed E-state index contributed by atoms with van der Waals surface area (Å²) in [7, 11) is 0. The molecule has 2 aromatic rings. The molecule has 0 unspecified atom stereocenters. The summed E-state index contributed by atoms with van der Waals surface area (Å²) >= 11 is 5.73. The highest BCUT2D eigenvalue weighted by molar-refractivity contribution is 6.31. The fraction of sp³-hybridized carbons (Fsp3) is 0.0556. The average Bonchev–Trinajstić information content (AvgIpc) is 2.60. The predicted octanol–water partition coefficient (Wildman–Crippen LogP) is 3.72. The number of nitriles is 1. The number of carbonyl (C=O) groups excluding carboxylic acids is 2. The summed E-state index contributed by atoms with van der Waals surface area (Å²) in [6.45, 7) is 1.25. The molecule has 1 amide bonds. The van der Waals surface area contributed by atoms with Gasteiger partial charge in [-0.3, -0.25) is 19.7 Å². The molecule has 8 nitrogen and oxygen atoms in total. The van der Waals surface area contributed by atoms with E-state index in [1.54, 1.807) is 24.3 Å². The van der Waals surface area contributed by atoms with Gasteiger partial charge < -0.3 is 10.1 Å². The Morgan fingerprint density at radius 2 is 2.04 bits per heavy atom. The molecule has 0 fully saturated rings.